The van der Waals surface area contributed by atoms with E-state index < -0.39 is 5.97 Å². The predicted molar refractivity (Wildman–Crippen MR) is 48.6 cm³/mol. The van der Waals surface area contributed by atoms with Gasteiger partial charge in [0, 0.05) is 24.8 Å². The molecule has 0 saturated heterocycles. The molecule has 2 rings (SSSR count). The first kappa shape index (κ1) is 8.74. The molecule has 4 nitrogen and oxygen atoms in total. The molecule has 0 aliphatic carbocycles. The lowest BCUT2D eigenvalue weighted by Gasteiger charge is -1.94. The molecule has 0 aromatic carbocycles. The van der Waals surface area contributed by atoms with E-state index in [0.29, 0.717) is 5.69 Å². The highest BCUT2D eigenvalue weighted by Gasteiger charge is 2.01. The Kier molecular flexibility index (Phi) is 1.96. The van der Waals surface area contributed by atoms with Gasteiger partial charge in [-0.1, -0.05) is 0 Å². The molecule has 0 aliphatic rings. The Balaban J connectivity index is 2.46. The van der Waals surface area contributed by atoms with Crippen molar-refractivity contribution in [3.8, 4) is 0 Å². The Morgan fingerprint density at radius 2 is 2.43 bits per heavy atom. The van der Waals surface area contributed by atoms with Crippen LogP contribution in [0.3, 0.4) is 0 Å². The van der Waals surface area contributed by atoms with Crippen molar-refractivity contribution >= 4 is 11.6 Å². The van der Waals surface area contributed by atoms with E-state index in [1.165, 1.54) is 0 Å². The molecule has 0 spiro atoms. The van der Waals surface area contributed by atoms with Gasteiger partial charge in [-0.05, 0) is 24.6 Å². The van der Waals surface area contributed by atoms with Gasteiger partial charge >= 0.3 is 0 Å². The van der Waals surface area contributed by atoms with Crippen LogP contribution in [-0.4, -0.2) is 15.4 Å². The standard InChI is InChI=1S/C10H10N2O2/c1-7-2-3-12-6-8(5-10(13)14)11-9(12)4-7/h2-4,6H,5H2,1H3,(H,13,14)/p-1. The molecule has 0 N–H and O–H groups in total. The number of aromatic nitrogens is 2. The number of nitrogens with zero attached hydrogens (tertiary/aromatic N) is 2. The summed E-state index contributed by atoms with van der Waals surface area (Å²) in [5, 5.41) is 10.4. The second-order valence-electron chi connectivity index (χ2n) is 3.25. The van der Waals surface area contributed by atoms with Gasteiger partial charge in [-0.2, -0.15) is 0 Å². The van der Waals surface area contributed by atoms with E-state index in [1.807, 2.05) is 25.3 Å². The molecule has 0 amide bonds. The second kappa shape index (κ2) is 3.14. The van der Waals surface area contributed by atoms with Crippen molar-refractivity contribution in [3.63, 3.8) is 0 Å². The summed E-state index contributed by atoms with van der Waals surface area (Å²) in [4.78, 5) is 14.5. The highest BCUT2D eigenvalue weighted by atomic mass is 16.4. The third kappa shape index (κ3) is 1.59. The van der Waals surface area contributed by atoms with Crippen LogP contribution in [0.1, 0.15) is 11.3 Å². The van der Waals surface area contributed by atoms with Gasteiger partial charge < -0.3 is 14.3 Å². The number of hydrogen-bond donors (Lipinski definition) is 0. The summed E-state index contributed by atoms with van der Waals surface area (Å²) in [7, 11) is 0. The molecule has 0 saturated carbocycles. The first-order valence-electron chi connectivity index (χ1n) is 4.29. The minimum Gasteiger partial charge on any atom is -0.550 e. The first-order chi connectivity index (χ1) is 6.65. The summed E-state index contributed by atoms with van der Waals surface area (Å²) in [5.41, 5.74) is 2.39. The summed E-state index contributed by atoms with van der Waals surface area (Å²) in [6, 6.07) is 3.84. The zero-order valence-electron chi connectivity index (χ0n) is 7.73. The Labute approximate surface area is 80.8 Å². The number of carboxylic acid groups (broad SMARTS) is 1. The highest BCUT2D eigenvalue weighted by molar-refractivity contribution is 5.67. The number of imidazole rings is 1. The molecule has 0 aliphatic heterocycles. The summed E-state index contributed by atoms with van der Waals surface area (Å²) in [6.45, 7) is 1.97. The largest absolute Gasteiger partial charge is 0.550 e. The molecule has 0 fully saturated rings. The lowest BCUT2D eigenvalue weighted by atomic mass is 10.3. The zero-order chi connectivity index (χ0) is 10.1. The first-order valence-corrected chi connectivity index (χ1v) is 4.29. The lowest BCUT2D eigenvalue weighted by molar-refractivity contribution is -0.304. The fraction of sp³-hybridized carbons (Fsp3) is 0.200. The summed E-state index contributed by atoms with van der Waals surface area (Å²) in [5.74, 6) is -1.11. The predicted octanol–water partition coefficient (Wildman–Crippen LogP) is -0.0649. The van der Waals surface area contributed by atoms with Gasteiger partial charge in [0.2, 0.25) is 0 Å². The van der Waals surface area contributed by atoms with Crippen molar-refractivity contribution in [2.75, 3.05) is 0 Å². The number of carboxylic acids is 1. The Morgan fingerprint density at radius 1 is 1.64 bits per heavy atom. The normalized spacial score (nSPS) is 10.6. The fourth-order valence-corrected chi connectivity index (χ4v) is 1.37. The molecule has 2 aromatic rings. The van der Waals surface area contributed by atoms with E-state index >= 15 is 0 Å². The highest BCUT2D eigenvalue weighted by Crippen LogP contribution is 2.07. The van der Waals surface area contributed by atoms with Crippen molar-refractivity contribution in [3.05, 3.63) is 35.8 Å². The number of carbonyl (C=O) groups excluding carboxylic acids is 1. The zero-order valence-corrected chi connectivity index (χ0v) is 7.73. The summed E-state index contributed by atoms with van der Waals surface area (Å²) >= 11 is 0. The van der Waals surface area contributed by atoms with Crippen molar-refractivity contribution < 1.29 is 9.90 Å². The van der Waals surface area contributed by atoms with Crippen molar-refractivity contribution in [2.45, 2.75) is 13.3 Å². The topological polar surface area (TPSA) is 57.4 Å². The Hall–Kier alpha value is -1.84. The number of pyridine rings is 1. The molecular weight excluding hydrogens is 180 g/mol. The number of carbonyl (C=O) groups is 1. The van der Waals surface area contributed by atoms with Crippen molar-refractivity contribution in [1.82, 2.24) is 9.38 Å². The maximum atomic E-state index is 10.4. The van der Waals surface area contributed by atoms with E-state index in [0.717, 1.165) is 11.2 Å². The minimum absolute atomic E-state index is 0.138. The number of aliphatic carboxylic acids is 1. The van der Waals surface area contributed by atoms with Crippen LogP contribution in [0.25, 0.3) is 5.65 Å². The second-order valence-corrected chi connectivity index (χ2v) is 3.25. The third-order valence-corrected chi connectivity index (χ3v) is 1.99. The average molecular weight is 189 g/mol. The van der Waals surface area contributed by atoms with E-state index in [9.17, 15) is 9.90 Å². The maximum Gasteiger partial charge on any atom is 0.137 e. The molecule has 2 aromatic heterocycles. The van der Waals surface area contributed by atoms with E-state index in [2.05, 4.69) is 4.98 Å². The lowest BCUT2D eigenvalue weighted by Crippen LogP contribution is -2.24. The monoisotopic (exact) mass is 189 g/mol. The number of rotatable bonds is 2. The number of hydrogen-bond acceptors (Lipinski definition) is 3. The third-order valence-electron chi connectivity index (χ3n) is 1.99. The Morgan fingerprint density at radius 3 is 3.14 bits per heavy atom. The van der Waals surface area contributed by atoms with Gasteiger partial charge in [-0.25, -0.2) is 4.98 Å². The van der Waals surface area contributed by atoms with E-state index in [4.69, 9.17) is 0 Å². The Bertz CT molecular complexity index is 488. The molecule has 0 bridgehead atoms. The molecule has 14 heavy (non-hydrogen) atoms. The van der Waals surface area contributed by atoms with Gasteiger partial charge in [-0.3, -0.25) is 0 Å². The van der Waals surface area contributed by atoms with Crippen LogP contribution in [0.5, 0.6) is 0 Å². The van der Waals surface area contributed by atoms with Crippen molar-refractivity contribution in [1.29, 1.82) is 0 Å². The maximum absolute atomic E-state index is 10.4. The molecule has 0 radical (unpaired) electrons. The van der Waals surface area contributed by atoms with Crippen molar-refractivity contribution in [2.24, 2.45) is 0 Å². The van der Waals surface area contributed by atoms with Gasteiger partial charge in [0.1, 0.15) is 5.65 Å². The van der Waals surface area contributed by atoms with Crippen LogP contribution >= 0.6 is 0 Å². The molecule has 2 heterocycles. The van der Waals surface area contributed by atoms with Crippen LogP contribution in [0.2, 0.25) is 0 Å². The molecule has 0 atom stereocenters. The summed E-state index contributed by atoms with van der Waals surface area (Å²) in [6.07, 6.45) is 3.42. The molecule has 0 unspecified atom stereocenters. The van der Waals surface area contributed by atoms with Crippen LogP contribution in [0.4, 0.5) is 0 Å². The van der Waals surface area contributed by atoms with Gasteiger partial charge in [0.05, 0.1) is 5.69 Å². The molecule has 4 heteroatoms. The fourth-order valence-electron chi connectivity index (χ4n) is 1.37. The van der Waals surface area contributed by atoms with Gasteiger partial charge in [0.25, 0.3) is 0 Å². The van der Waals surface area contributed by atoms with Gasteiger partial charge in [0.15, 0.2) is 0 Å². The van der Waals surface area contributed by atoms with Gasteiger partial charge in [-0.15, -0.1) is 0 Å². The van der Waals surface area contributed by atoms with E-state index in [1.54, 1.807) is 10.6 Å². The van der Waals surface area contributed by atoms with E-state index in [-0.39, 0.29) is 6.42 Å². The minimum atomic E-state index is -1.11. The van der Waals surface area contributed by atoms with Crippen LogP contribution < -0.4 is 5.11 Å². The number of aryl methyl sites for hydroxylation is 1. The van der Waals surface area contributed by atoms with Crippen LogP contribution in [0, 0.1) is 6.92 Å². The van der Waals surface area contributed by atoms with Crippen LogP contribution in [-0.2, 0) is 11.2 Å². The SMILES string of the molecule is Cc1ccn2cc(CC(=O)[O-])nc2c1. The smallest absolute Gasteiger partial charge is 0.137 e. The molecular formula is C10H9N2O2-. The average Bonchev–Trinajstić information content (AvgIpc) is 2.44. The van der Waals surface area contributed by atoms with Crippen LogP contribution in [0.15, 0.2) is 24.5 Å². The number of fused-ring (bicyclic) bond motifs is 1. The summed E-state index contributed by atoms with van der Waals surface area (Å²) < 4.78 is 1.80. The quantitative estimate of drug-likeness (QED) is 0.664. The molecule has 72 valence electrons.